The van der Waals surface area contributed by atoms with Crippen LogP contribution in [-0.2, 0) is 0 Å². The number of hydrogen-bond donors (Lipinski definition) is 1. The number of anilines is 1. The number of rotatable bonds is 3. The number of pyridine rings is 1. The van der Waals surface area contributed by atoms with Gasteiger partial charge in [-0.15, -0.1) is 0 Å². The minimum absolute atomic E-state index is 0.439. The van der Waals surface area contributed by atoms with E-state index < -0.39 is 0 Å². The molecule has 18 heavy (non-hydrogen) atoms. The molecule has 1 saturated heterocycles. The van der Waals surface area contributed by atoms with Crippen molar-refractivity contribution in [2.75, 3.05) is 37.6 Å². The van der Waals surface area contributed by atoms with Crippen LogP contribution in [0.1, 0.15) is 18.2 Å². The van der Waals surface area contributed by atoms with E-state index in [2.05, 4.69) is 21.7 Å². The molecule has 0 atom stereocenters. The van der Waals surface area contributed by atoms with Crippen LogP contribution in [0.25, 0.3) is 0 Å². The van der Waals surface area contributed by atoms with Gasteiger partial charge in [-0.2, -0.15) is 0 Å². The van der Waals surface area contributed by atoms with E-state index in [-0.39, 0.29) is 0 Å². The highest BCUT2D eigenvalue weighted by atomic mass is 32.1. The van der Waals surface area contributed by atoms with Crippen molar-refractivity contribution in [3.05, 3.63) is 23.4 Å². The first-order valence-corrected chi connectivity index (χ1v) is 6.76. The van der Waals surface area contributed by atoms with Crippen LogP contribution in [0.3, 0.4) is 0 Å². The third kappa shape index (κ3) is 2.97. The van der Waals surface area contributed by atoms with Gasteiger partial charge in [0.1, 0.15) is 10.8 Å². The lowest BCUT2D eigenvalue weighted by molar-refractivity contribution is 0.270. The third-order valence-corrected chi connectivity index (χ3v) is 3.60. The number of nitrogens with two attached hydrogens (primary N) is 1. The molecule has 4 nitrogen and oxygen atoms in total. The van der Waals surface area contributed by atoms with E-state index in [1.165, 1.54) is 0 Å². The molecule has 0 aromatic carbocycles. The lowest BCUT2D eigenvalue weighted by atomic mass is 10.2. The number of thiocarbonyl (C=S) groups is 1. The highest BCUT2D eigenvalue weighted by molar-refractivity contribution is 7.80. The Hall–Kier alpha value is -1.20. The number of hydrogen-bond acceptors (Lipinski definition) is 4. The molecule has 0 bridgehead atoms. The van der Waals surface area contributed by atoms with Crippen LogP contribution in [0, 0.1) is 6.92 Å². The standard InChI is InChI=1S/C13H20N4S/c1-3-16-4-6-17(7-5-16)12-9-11(13(14)18)8-10(2)15-12/h8-9H,3-7H2,1-2H3,(H2,14,18). The monoisotopic (exact) mass is 264 g/mol. The van der Waals surface area contributed by atoms with Gasteiger partial charge in [0.2, 0.25) is 0 Å². The summed E-state index contributed by atoms with van der Waals surface area (Å²) in [6.45, 7) is 9.51. The zero-order valence-corrected chi connectivity index (χ0v) is 11.8. The SMILES string of the molecule is CCN1CCN(c2cc(C(N)=S)cc(C)n2)CC1. The fraction of sp³-hybridized carbons (Fsp3) is 0.538. The lowest BCUT2D eigenvalue weighted by Gasteiger charge is -2.35. The molecule has 2 heterocycles. The molecule has 1 aliphatic rings. The van der Waals surface area contributed by atoms with Crippen molar-refractivity contribution < 1.29 is 0 Å². The highest BCUT2D eigenvalue weighted by Crippen LogP contribution is 2.17. The number of aromatic nitrogens is 1. The summed E-state index contributed by atoms with van der Waals surface area (Å²) in [5.74, 6) is 0.994. The normalized spacial score (nSPS) is 16.9. The van der Waals surface area contributed by atoms with Gasteiger partial charge in [-0.25, -0.2) is 4.98 Å². The first kappa shape index (κ1) is 13.2. The number of aryl methyl sites for hydroxylation is 1. The van der Waals surface area contributed by atoms with Gasteiger partial charge in [0, 0.05) is 37.4 Å². The van der Waals surface area contributed by atoms with Crippen molar-refractivity contribution in [2.45, 2.75) is 13.8 Å². The molecule has 0 radical (unpaired) electrons. The van der Waals surface area contributed by atoms with Gasteiger partial charge in [0.05, 0.1) is 0 Å². The maximum atomic E-state index is 5.70. The molecule has 2 N–H and O–H groups in total. The Morgan fingerprint density at radius 1 is 1.33 bits per heavy atom. The summed E-state index contributed by atoms with van der Waals surface area (Å²) in [6.07, 6.45) is 0. The summed E-state index contributed by atoms with van der Waals surface area (Å²) >= 11 is 5.04. The third-order valence-electron chi connectivity index (χ3n) is 3.37. The number of likely N-dealkylation sites (N-methyl/N-ethyl adjacent to an activating group) is 1. The van der Waals surface area contributed by atoms with Gasteiger partial charge >= 0.3 is 0 Å². The first-order chi connectivity index (χ1) is 8.60. The minimum Gasteiger partial charge on any atom is -0.389 e. The van der Waals surface area contributed by atoms with Crippen LogP contribution >= 0.6 is 12.2 Å². The van der Waals surface area contributed by atoms with Crippen LogP contribution in [-0.4, -0.2) is 47.6 Å². The van der Waals surface area contributed by atoms with Crippen molar-refractivity contribution in [3.63, 3.8) is 0 Å². The van der Waals surface area contributed by atoms with E-state index in [1.54, 1.807) is 0 Å². The quantitative estimate of drug-likeness (QED) is 0.830. The van der Waals surface area contributed by atoms with Crippen molar-refractivity contribution in [1.29, 1.82) is 0 Å². The number of nitrogens with zero attached hydrogens (tertiary/aromatic N) is 3. The molecule has 0 unspecified atom stereocenters. The van der Waals surface area contributed by atoms with Crippen LogP contribution < -0.4 is 10.6 Å². The van der Waals surface area contributed by atoms with E-state index in [0.29, 0.717) is 4.99 Å². The summed E-state index contributed by atoms with van der Waals surface area (Å²) < 4.78 is 0. The Morgan fingerprint density at radius 3 is 2.56 bits per heavy atom. The minimum atomic E-state index is 0.439. The van der Waals surface area contributed by atoms with E-state index in [9.17, 15) is 0 Å². The second kappa shape index (κ2) is 5.63. The van der Waals surface area contributed by atoms with E-state index in [4.69, 9.17) is 18.0 Å². The van der Waals surface area contributed by atoms with E-state index >= 15 is 0 Å². The molecule has 1 aromatic rings. The fourth-order valence-electron chi connectivity index (χ4n) is 2.25. The Kier molecular flexibility index (Phi) is 4.14. The molecular formula is C13H20N4S. The Bertz CT molecular complexity index is 439. The second-order valence-corrected chi connectivity index (χ2v) is 5.08. The Balaban J connectivity index is 2.16. The molecule has 0 amide bonds. The van der Waals surface area contributed by atoms with Gasteiger partial charge in [0.25, 0.3) is 0 Å². The summed E-state index contributed by atoms with van der Waals surface area (Å²) in [5.41, 5.74) is 7.58. The fourth-order valence-corrected chi connectivity index (χ4v) is 2.37. The van der Waals surface area contributed by atoms with Crippen LogP contribution in [0.4, 0.5) is 5.82 Å². The van der Waals surface area contributed by atoms with Crippen molar-refractivity contribution >= 4 is 23.0 Å². The van der Waals surface area contributed by atoms with Crippen molar-refractivity contribution in [2.24, 2.45) is 5.73 Å². The molecule has 1 aromatic heterocycles. The molecule has 0 saturated carbocycles. The van der Waals surface area contributed by atoms with E-state index in [1.807, 2.05) is 19.1 Å². The van der Waals surface area contributed by atoms with Gasteiger partial charge in [-0.1, -0.05) is 19.1 Å². The van der Waals surface area contributed by atoms with Gasteiger partial charge < -0.3 is 15.5 Å². The molecule has 5 heteroatoms. The molecular weight excluding hydrogens is 244 g/mol. The van der Waals surface area contributed by atoms with Crippen LogP contribution in [0.2, 0.25) is 0 Å². The van der Waals surface area contributed by atoms with Crippen molar-refractivity contribution in [3.8, 4) is 0 Å². The molecule has 0 spiro atoms. The summed E-state index contributed by atoms with van der Waals surface area (Å²) in [6, 6.07) is 3.94. The topological polar surface area (TPSA) is 45.4 Å². The van der Waals surface area contributed by atoms with Crippen LogP contribution in [0.15, 0.2) is 12.1 Å². The average Bonchev–Trinajstić information content (AvgIpc) is 2.38. The van der Waals surface area contributed by atoms with Gasteiger partial charge in [-0.05, 0) is 25.6 Å². The maximum Gasteiger partial charge on any atom is 0.129 e. The summed E-state index contributed by atoms with van der Waals surface area (Å²) in [5, 5.41) is 0. The smallest absolute Gasteiger partial charge is 0.129 e. The zero-order valence-electron chi connectivity index (χ0n) is 11.0. The summed E-state index contributed by atoms with van der Waals surface area (Å²) in [7, 11) is 0. The highest BCUT2D eigenvalue weighted by Gasteiger charge is 2.17. The first-order valence-electron chi connectivity index (χ1n) is 6.36. The largest absolute Gasteiger partial charge is 0.389 e. The van der Waals surface area contributed by atoms with Crippen molar-refractivity contribution in [1.82, 2.24) is 9.88 Å². The average molecular weight is 264 g/mol. The predicted molar refractivity (Wildman–Crippen MR) is 79.2 cm³/mol. The molecule has 98 valence electrons. The van der Waals surface area contributed by atoms with E-state index in [0.717, 1.165) is 49.8 Å². The lowest BCUT2D eigenvalue weighted by Crippen LogP contribution is -2.46. The summed E-state index contributed by atoms with van der Waals surface area (Å²) in [4.78, 5) is 9.77. The predicted octanol–water partition coefficient (Wildman–Crippen LogP) is 1.17. The Morgan fingerprint density at radius 2 is 2.00 bits per heavy atom. The van der Waals surface area contributed by atoms with Crippen LogP contribution in [0.5, 0.6) is 0 Å². The van der Waals surface area contributed by atoms with Gasteiger partial charge in [0.15, 0.2) is 0 Å². The number of piperazine rings is 1. The second-order valence-electron chi connectivity index (χ2n) is 4.64. The molecule has 1 fully saturated rings. The van der Waals surface area contributed by atoms with Gasteiger partial charge in [-0.3, -0.25) is 0 Å². The maximum absolute atomic E-state index is 5.70. The Labute approximate surface area is 114 Å². The molecule has 2 rings (SSSR count). The molecule has 0 aliphatic carbocycles. The molecule has 1 aliphatic heterocycles. The zero-order chi connectivity index (χ0) is 13.1.